The maximum absolute atomic E-state index is 13.5. The van der Waals surface area contributed by atoms with Crippen molar-refractivity contribution >= 4 is 11.6 Å². The van der Waals surface area contributed by atoms with E-state index >= 15 is 0 Å². The molecule has 0 spiro atoms. The first-order valence-electron chi connectivity index (χ1n) is 6.58. The molecule has 2 aliphatic rings. The number of fused-ring (bicyclic) bond motifs is 2. The van der Waals surface area contributed by atoms with E-state index in [0.717, 1.165) is 19.3 Å². The summed E-state index contributed by atoms with van der Waals surface area (Å²) in [5, 5.41) is 6.21. The molecule has 2 aliphatic heterocycles. The fourth-order valence-corrected chi connectivity index (χ4v) is 3.09. The first kappa shape index (κ1) is 12.4. The van der Waals surface area contributed by atoms with Crippen molar-refractivity contribution in [1.29, 1.82) is 0 Å². The number of methoxy groups -OCH3 is 1. The normalized spacial score (nSPS) is 28.4. The third-order valence-corrected chi connectivity index (χ3v) is 4.06. The molecule has 1 aromatic rings. The van der Waals surface area contributed by atoms with Crippen LogP contribution in [0, 0.1) is 11.7 Å². The van der Waals surface area contributed by atoms with Gasteiger partial charge in [-0.25, -0.2) is 4.39 Å². The highest BCUT2D eigenvalue weighted by molar-refractivity contribution is 5.93. The van der Waals surface area contributed by atoms with Gasteiger partial charge in [-0.2, -0.15) is 0 Å². The van der Waals surface area contributed by atoms with Crippen molar-refractivity contribution in [1.82, 2.24) is 5.32 Å². The summed E-state index contributed by atoms with van der Waals surface area (Å²) in [6.07, 6.45) is 3.10. The van der Waals surface area contributed by atoms with E-state index in [0.29, 0.717) is 11.7 Å². The van der Waals surface area contributed by atoms with Gasteiger partial charge in [-0.05, 0) is 31.4 Å². The van der Waals surface area contributed by atoms with E-state index in [-0.39, 0.29) is 23.6 Å². The number of benzene rings is 1. The van der Waals surface area contributed by atoms with Crippen LogP contribution in [0.1, 0.15) is 19.3 Å². The number of ether oxygens (including phenoxy) is 1. The predicted octanol–water partition coefficient (Wildman–Crippen LogP) is 1.91. The van der Waals surface area contributed by atoms with Crippen molar-refractivity contribution in [3.05, 3.63) is 24.0 Å². The quantitative estimate of drug-likeness (QED) is 0.877. The van der Waals surface area contributed by atoms with Crippen molar-refractivity contribution < 1.29 is 13.9 Å². The minimum Gasteiger partial charge on any atom is -0.494 e. The molecule has 1 aromatic carbocycles. The molecule has 3 rings (SSSR count). The van der Waals surface area contributed by atoms with Crippen LogP contribution in [0.15, 0.2) is 18.2 Å². The van der Waals surface area contributed by atoms with Crippen molar-refractivity contribution in [3.8, 4) is 5.75 Å². The average Bonchev–Trinajstić information content (AvgIpc) is 3.01. The maximum atomic E-state index is 13.5. The van der Waals surface area contributed by atoms with Crippen LogP contribution in [-0.4, -0.2) is 25.1 Å². The van der Waals surface area contributed by atoms with E-state index in [1.807, 2.05) is 0 Å². The summed E-state index contributed by atoms with van der Waals surface area (Å²) in [6, 6.07) is 5.23. The molecule has 2 heterocycles. The summed E-state index contributed by atoms with van der Waals surface area (Å²) >= 11 is 0. The van der Waals surface area contributed by atoms with Gasteiger partial charge in [0.25, 0.3) is 0 Å². The Morgan fingerprint density at radius 1 is 1.47 bits per heavy atom. The van der Waals surface area contributed by atoms with E-state index in [1.54, 1.807) is 6.07 Å². The van der Waals surface area contributed by atoms with E-state index in [1.165, 1.54) is 19.2 Å². The second-order valence-corrected chi connectivity index (χ2v) is 5.23. The molecule has 5 heteroatoms. The van der Waals surface area contributed by atoms with Crippen molar-refractivity contribution in [3.63, 3.8) is 0 Å². The molecule has 2 fully saturated rings. The van der Waals surface area contributed by atoms with Crippen LogP contribution in [0.5, 0.6) is 5.75 Å². The summed E-state index contributed by atoms with van der Waals surface area (Å²) in [5.41, 5.74) is 0.478. The Morgan fingerprint density at radius 2 is 2.32 bits per heavy atom. The molecule has 19 heavy (non-hydrogen) atoms. The van der Waals surface area contributed by atoms with Crippen LogP contribution in [0.4, 0.5) is 10.1 Å². The molecule has 0 saturated carbocycles. The highest BCUT2D eigenvalue weighted by atomic mass is 19.1. The van der Waals surface area contributed by atoms with Crippen LogP contribution in [-0.2, 0) is 4.79 Å². The third-order valence-electron chi connectivity index (χ3n) is 4.06. The van der Waals surface area contributed by atoms with Gasteiger partial charge >= 0.3 is 0 Å². The van der Waals surface area contributed by atoms with Gasteiger partial charge in [0.05, 0.1) is 13.0 Å². The Labute approximate surface area is 111 Å². The topological polar surface area (TPSA) is 50.4 Å². The van der Waals surface area contributed by atoms with Gasteiger partial charge in [0, 0.05) is 23.8 Å². The Bertz CT molecular complexity index is 506. The van der Waals surface area contributed by atoms with E-state index in [4.69, 9.17) is 4.74 Å². The van der Waals surface area contributed by atoms with Crippen molar-refractivity contribution in [2.45, 2.75) is 31.3 Å². The molecule has 0 aromatic heterocycles. The smallest absolute Gasteiger partial charge is 0.229 e. The number of anilines is 1. The first-order valence-corrected chi connectivity index (χ1v) is 6.58. The van der Waals surface area contributed by atoms with Crippen LogP contribution in [0.3, 0.4) is 0 Å². The van der Waals surface area contributed by atoms with Crippen molar-refractivity contribution in [2.75, 3.05) is 12.4 Å². The molecule has 1 amide bonds. The minimum atomic E-state index is -0.466. The second kappa shape index (κ2) is 4.81. The van der Waals surface area contributed by atoms with Crippen molar-refractivity contribution in [2.24, 2.45) is 5.92 Å². The lowest BCUT2D eigenvalue weighted by Crippen LogP contribution is -2.32. The lowest BCUT2D eigenvalue weighted by Gasteiger charge is -2.19. The molecule has 2 bridgehead atoms. The lowest BCUT2D eigenvalue weighted by atomic mass is 9.88. The molecule has 0 aliphatic carbocycles. The van der Waals surface area contributed by atoms with Gasteiger partial charge in [-0.15, -0.1) is 0 Å². The van der Waals surface area contributed by atoms with Gasteiger partial charge in [-0.3, -0.25) is 4.79 Å². The molecule has 3 atom stereocenters. The number of halogens is 1. The van der Waals surface area contributed by atoms with E-state index in [9.17, 15) is 9.18 Å². The number of carbonyl (C=O) groups excluding carboxylic acids is 1. The van der Waals surface area contributed by atoms with Gasteiger partial charge in [-0.1, -0.05) is 0 Å². The second-order valence-electron chi connectivity index (χ2n) is 5.23. The number of carbonyl (C=O) groups is 1. The highest BCUT2D eigenvalue weighted by Crippen LogP contribution is 2.34. The maximum Gasteiger partial charge on any atom is 0.229 e. The molecule has 102 valence electrons. The van der Waals surface area contributed by atoms with Crippen LogP contribution in [0.25, 0.3) is 0 Å². The average molecular weight is 264 g/mol. The van der Waals surface area contributed by atoms with Gasteiger partial charge < -0.3 is 15.4 Å². The van der Waals surface area contributed by atoms with Crippen LogP contribution >= 0.6 is 0 Å². The van der Waals surface area contributed by atoms with Gasteiger partial charge in [0.1, 0.15) is 0 Å². The summed E-state index contributed by atoms with van der Waals surface area (Å²) < 4.78 is 18.4. The molecule has 4 nitrogen and oxygen atoms in total. The number of amides is 1. The molecule has 2 saturated heterocycles. The summed E-state index contributed by atoms with van der Waals surface area (Å²) in [4.78, 5) is 12.2. The fraction of sp³-hybridized carbons (Fsp3) is 0.500. The molecule has 3 unspecified atom stereocenters. The zero-order chi connectivity index (χ0) is 13.4. The Kier molecular flexibility index (Phi) is 3.14. The Hall–Kier alpha value is -1.62. The Balaban J connectivity index is 1.68. The van der Waals surface area contributed by atoms with Gasteiger partial charge in [0.15, 0.2) is 11.6 Å². The molecule has 0 radical (unpaired) electrons. The largest absolute Gasteiger partial charge is 0.494 e. The number of hydrogen-bond donors (Lipinski definition) is 2. The Morgan fingerprint density at radius 3 is 2.89 bits per heavy atom. The molecular formula is C14H17FN2O2. The fourth-order valence-electron chi connectivity index (χ4n) is 3.09. The summed E-state index contributed by atoms with van der Waals surface area (Å²) in [6.45, 7) is 0. The van der Waals surface area contributed by atoms with Crippen LogP contribution < -0.4 is 15.4 Å². The molecular weight excluding hydrogens is 247 g/mol. The number of rotatable bonds is 3. The van der Waals surface area contributed by atoms with Crippen LogP contribution in [0.2, 0.25) is 0 Å². The monoisotopic (exact) mass is 264 g/mol. The summed E-state index contributed by atoms with van der Waals surface area (Å²) in [5.74, 6) is -0.306. The molecule has 2 N–H and O–H groups in total. The SMILES string of the molecule is COc1ccc(NC(=O)C2CC3CCC2N3)cc1F. The standard InChI is InChI=1S/C14H17FN2O2/c1-19-13-5-3-9(7-11(13)15)17-14(18)10-6-8-2-4-12(10)16-8/h3,5,7-8,10,12,16H,2,4,6H2,1H3,(H,17,18). The van der Waals surface area contributed by atoms with E-state index < -0.39 is 5.82 Å². The number of hydrogen-bond acceptors (Lipinski definition) is 3. The minimum absolute atomic E-state index is 0.00362. The highest BCUT2D eigenvalue weighted by Gasteiger charge is 2.42. The van der Waals surface area contributed by atoms with Gasteiger partial charge in [0.2, 0.25) is 5.91 Å². The number of nitrogens with one attached hydrogen (secondary N) is 2. The third kappa shape index (κ3) is 2.30. The lowest BCUT2D eigenvalue weighted by molar-refractivity contribution is -0.120. The first-order chi connectivity index (χ1) is 9.17. The summed E-state index contributed by atoms with van der Waals surface area (Å²) in [7, 11) is 1.41. The predicted molar refractivity (Wildman–Crippen MR) is 69.6 cm³/mol. The van der Waals surface area contributed by atoms with E-state index in [2.05, 4.69) is 10.6 Å². The zero-order valence-corrected chi connectivity index (χ0v) is 10.8. The zero-order valence-electron chi connectivity index (χ0n) is 10.8.